The van der Waals surface area contributed by atoms with E-state index >= 15 is 0 Å². The van der Waals surface area contributed by atoms with Gasteiger partial charge in [0.15, 0.2) is 0 Å². The number of carbonyl (C=O) groups is 3. The maximum atomic E-state index is 12.6. The van der Waals surface area contributed by atoms with E-state index in [1.54, 1.807) is 36.3 Å². The number of carbonyl (C=O) groups excluding carboxylic acids is 3. The molecular weight excluding hydrogens is 370 g/mol. The Morgan fingerprint density at radius 3 is 2.55 bits per heavy atom. The minimum Gasteiger partial charge on any atom is -0.497 e. The van der Waals surface area contributed by atoms with Gasteiger partial charge < -0.3 is 20.3 Å². The lowest BCUT2D eigenvalue weighted by molar-refractivity contribution is -0.120. The molecule has 2 aromatic rings. The van der Waals surface area contributed by atoms with Crippen molar-refractivity contribution in [2.45, 2.75) is 32.2 Å². The van der Waals surface area contributed by atoms with Gasteiger partial charge in [0.1, 0.15) is 5.75 Å². The Balaban J connectivity index is 1.69. The van der Waals surface area contributed by atoms with Crippen LogP contribution in [0.1, 0.15) is 37.8 Å². The quantitative estimate of drug-likeness (QED) is 0.754. The predicted octanol–water partition coefficient (Wildman–Crippen LogP) is 3.03. The Labute approximate surface area is 170 Å². The van der Waals surface area contributed by atoms with Crippen LogP contribution in [0.2, 0.25) is 0 Å². The van der Waals surface area contributed by atoms with E-state index in [2.05, 4.69) is 10.6 Å². The van der Waals surface area contributed by atoms with Crippen molar-refractivity contribution >= 4 is 29.1 Å². The normalized spacial score (nSPS) is 14.4. The smallest absolute Gasteiger partial charge is 0.227 e. The van der Waals surface area contributed by atoms with Crippen LogP contribution in [0.5, 0.6) is 5.75 Å². The largest absolute Gasteiger partial charge is 0.497 e. The van der Waals surface area contributed by atoms with Crippen LogP contribution in [0, 0.1) is 0 Å². The van der Waals surface area contributed by atoms with Crippen LogP contribution >= 0.6 is 0 Å². The number of ether oxygens (including phenoxy) is 1. The standard InChI is InChI=1S/C22H25N3O4/c1-15(26)23-20(16-8-10-19(29-2)11-9-16)14-21(27)24-17-5-3-6-18(13-17)25-12-4-7-22(25)28/h3,5-6,8-11,13,20H,4,7,12,14H2,1-2H3,(H,23,26)(H,24,27)/t20-/m0/s1. The van der Waals surface area contributed by atoms with Crippen LogP contribution in [-0.2, 0) is 14.4 Å². The third-order valence-corrected chi connectivity index (χ3v) is 4.80. The second-order valence-corrected chi connectivity index (χ2v) is 6.98. The molecule has 3 rings (SSSR count). The highest BCUT2D eigenvalue weighted by Crippen LogP contribution is 2.25. The van der Waals surface area contributed by atoms with Gasteiger partial charge in [0, 0.05) is 31.3 Å². The summed E-state index contributed by atoms with van der Waals surface area (Å²) in [7, 11) is 1.58. The molecule has 0 radical (unpaired) electrons. The first-order chi connectivity index (χ1) is 14.0. The summed E-state index contributed by atoms with van der Waals surface area (Å²) in [6.07, 6.45) is 1.48. The molecule has 1 aliphatic rings. The molecule has 0 saturated carbocycles. The van der Waals surface area contributed by atoms with E-state index in [-0.39, 0.29) is 24.1 Å². The van der Waals surface area contributed by atoms with E-state index < -0.39 is 6.04 Å². The molecule has 0 bridgehead atoms. The van der Waals surface area contributed by atoms with Gasteiger partial charge in [0.05, 0.1) is 19.6 Å². The van der Waals surface area contributed by atoms with Gasteiger partial charge in [0.25, 0.3) is 0 Å². The minimum absolute atomic E-state index is 0.0821. The molecule has 152 valence electrons. The molecule has 2 N–H and O–H groups in total. The van der Waals surface area contributed by atoms with E-state index in [9.17, 15) is 14.4 Å². The van der Waals surface area contributed by atoms with Crippen molar-refractivity contribution in [3.05, 3.63) is 54.1 Å². The highest BCUT2D eigenvalue weighted by Gasteiger charge is 2.22. The lowest BCUT2D eigenvalue weighted by atomic mass is 10.0. The van der Waals surface area contributed by atoms with E-state index in [4.69, 9.17) is 4.74 Å². The van der Waals surface area contributed by atoms with Crippen molar-refractivity contribution in [2.24, 2.45) is 0 Å². The minimum atomic E-state index is -0.457. The van der Waals surface area contributed by atoms with E-state index in [0.29, 0.717) is 24.4 Å². The van der Waals surface area contributed by atoms with E-state index in [1.807, 2.05) is 24.3 Å². The monoisotopic (exact) mass is 395 g/mol. The maximum absolute atomic E-state index is 12.6. The first-order valence-electron chi connectivity index (χ1n) is 9.57. The fourth-order valence-corrected chi connectivity index (χ4v) is 3.40. The molecule has 0 aliphatic carbocycles. The average Bonchev–Trinajstić information content (AvgIpc) is 3.13. The van der Waals surface area contributed by atoms with Crippen molar-refractivity contribution in [1.82, 2.24) is 5.32 Å². The average molecular weight is 395 g/mol. The van der Waals surface area contributed by atoms with Crippen LogP contribution in [0.3, 0.4) is 0 Å². The lowest BCUT2D eigenvalue weighted by Crippen LogP contribution is -2.29. The van der Waals surface area contributed by atoms with Gasteiger partial charge >= 0.3 is 0 Å². The van der Waals surface area contributed by atoms with Crippen molar-refractivity contribution in [2.75, 3.05) is 23.9 Å². The Morgan fingerprint density at radius 2 is 1.93 bits per heavy atom. The topological polar surface area (TPSA) is 87.7 Å². The fourth-order valence-electron chi connectivity index (χ4n) is 3.40. The van der Waals surface area contributed by atoms with Gasteiger partial charge in [-0.15, -0.1) is 0 Å². The summed E-state index contributed by atoms with van der Waals surface area (Å²) < 4.78 is 5.16. The van der Waals surface area contributed by atoms with Gasteiger partial charge in [0.2, 0.25) is 17.7 Å². The molecule has 1 fully saturated rings. The van der Waals surface area contributed by atoms with Crippen LogP contribution in [-0.4, -0.2) is 31.4 Å². The Kier molecular flexibility index (Phi) is 6.49. The SMILES string of the molecule is COc1ccc([C@H](CC(=O)Nc2cccc(N3CCCC3=O)c2)NC(C)=O)cc1. The first-order valence-corrected chi connectivity index (χ1v) is 9.57. The summed E-state index contributed by atoms with van der Waals surface area (Å²) >= 11 is 0. The second kappa shape index (κ2) is 9.23. The number of hydrogen-bond acceptors (Lipinski definition) is 4. The highest BCUT2D eigenvalue weighted by atomic mass is 16.5. The number of rotatable bonds is 7. The van der Waals surface area contributed by atoms with Crippen LogP contribution < -0.4 is 20.3 Å². The van der Waals surface area contributed by atoms with E-state index in [0.717, 1.165) is 17.7 Å². The number of nitrogens with zero attached hydrogens (tertiary/aromatic N) is 1. The summed E-state index contributed by atoms with van der Waals surface area (Å²) in [6.45, 7) is 2.11. The van der Waals surface area contributed by atoms with E-state index in [1.165, 1.54) is 6.92 Å². The Morgan fingerprint density at radius 1 is 1.17 bits per heavy atom. The summed E-state index contributed by atoms with van der Waals surface area (Å²) in [4.78, 5) is 37.9. The zero-order valence-electron chi connectivity index (χ0n) is 16.6. The van der Waals surface area contributed by atoms with Crippen LogP contribution in [0.15, 0.2) is 48.5 Å². The number of benzene rings is 2. The molecule has 7 nitrogen and oxygen atoms in total. The summed E-state index contributed by atoms with van der Waals surface area (Å²) in [5.41, 5.74) is 2.20. The molecule has 1 heterocycles. The summed E-state index contributed by atoms with van der Waals surface area (Å²) in [5, 5.41) is 5.68. The van der Waals surface area contributed by atoms with Crippen molar-refractivity contribution in [3.8, 4) is 5.75 Å². The van der Waals surface area contributed by atoms with Gasteiger partial charge in [-0.25, -0.2) is 0 Å². The first kappa shape index (κ1) is 20.4. The van der Waals surface area contributed by atoms with Crippen molar-refractivity contribution in [1.29, 1.82) is 0 Å². The zero-order chi connectivity index (χ0) is 20.8. The molecule has 1 saturated heterocycles. The van der Waals surface area contributed by atoms with Gasteiger partial charge in [-0.2, -0.15) is 0 Å². The number of amides is 3. The van der Waals surface area contributed by atoms with Crippen molar-refractivity contribution < 1.29 is 19.1 Å². The molecule has 0 aromatic heterocycles. The molecule has 3 amide bonds. The third-order valence-electron chi connectivity index (χ3n) is 4.80. The zero-order valence-corrected chi connectivity index (χ0v) is 16.6. The molecule has 0 unspecified atom stereocenters. The molecular formula is C22H25N3O4. The number of hydrogen-bond donors (Lipinski definition) is 2. The molecule has 0 spiro atoms. The van der Waals surface area contributed by atoms with Crippen LogP contribution in [0.4, 0.5) is 11.4 Å². The third kappa shape index (κ3) is 5.34. The number of anilines is 2. The maximum Gasteiger partial charge on any atom is 0.227 e. The second-order valence-electron chi connectivity index (χ2n) is 6.98. The Bertz CT molecular complexity index is 895. The molecule has 2 aromatic carbocycles. The Hall–Kier alpha value is -3.35. The van der Waals surface area contributed by atoms with Gasteiger partial charge in [-0.1, -0.05) is 18.2 Å². The summed E-state index contributed by atoms with van der Waals surface area (Å²) in [5.74, 6) is 0.351. The van der Waals surface area contributed by atoms with Crippen LogP contribution in [0.25, 0.3) is 0 Å². The molecule has 29 heavy (non-hydrogen) atoms. The predicted molar refractivity (Wildman–Crippen MR) is 111 cm³/mol. The van der Waals surface area contributed by atoms with Crippen molar-refractivity contribution in [3.63, 3.8) is 0 Å². The molecule has 1 atom stereocenters. The van der Waals surface area contributed by atoms with Gasteiger partial charge in [-0.3, -0.25) is 14.4 Å². The number of methoxy groups -OCH3 is 1. The lowest BCUT2D eigenvalue weighted by Gasteiger charge is -2.19. The fraction of sp³-hybridized carbons (Fsp3) is 0.318. The summed E-state index contributed by atoms with van der Waals surface area (Å²) in [6, 6.07) is 14.0. The molecule has 7 heteroatoms. The highest BCUT2D eigenvalue weighted by molar-refractivity contribution is 5.97. The number of nitrogens with one attached hydrogen (secondary N) is 2. The van der Waals surface area contributed by atoms with Gasteiger partial charge in [-0.05, 0) is 42.3 Å². The molecule has 1 aliphatic heterocycles.